The van der Waals surface area contributed by atoms with Crippen molar-refractivity contribution in [3.63, 3.8) is 0 Å². The average Bonchev–Trinajstić information content (AvgIpc) is 3.20. The molecule has 13 heteroatoms. The first kappa shape index (κ1) is 48.2. The maximum atomic E-state index is 14.3. The van der Waals surface area contributed by atoms with E-state index in [0.29, 0.717) is 51.4 Å². The summed E-state index contributed by atoms with van der Waals surface area (Å²) in [5, 5.41) is 12.1. The highest BCUT2D eigenvalue weighted by molar-refractivity contribution is 6.39. The fourth-order valence-electron chi connectivity index (χ4n) is 9.46. The number of hydrogen-bond acceptors (Lipinski definition) is 12. The van der Waals surface area contributed by atoms with Crippen molar-refractivity contribution in [3.8, 4) is 0 Å². The lowest BCUT2D eigenvalue weighted by Gasteiger charge is -2.47. The van der Waals surface area contributed by atoms with Crippen molar-refractivity contribution >= 4 is 29.4 Å². The minimum absolute atomic E-state index is 0.0173. The lowest BCUT2D eigenvalue weighted by atomic mass is 9.82. The highest BCUT2D eigenvalue weighted by atomic mass is 16.7. The lowest BCUT2D eigenvalue weighted by Crippen LogP contribution is -2.64. The van der Waals surface area contributed by atoms with Crippen LogP contribution in [0.25, 0.3) is 0 Å². The van der Waals surface area contributed by atoms with E-state index in [9.17, 15) is 29.1 Å². The summed E-state index contributed by atoms with van der Waals surface area (Å²) < 4.78 is 35.6. The number of Topliss-reactive ketones (excluding diaryl/α,β-unsaturated/α-hetero) is 1. The fraction of sp³-hybridized carbons (Fsp3) is 0.717. The number of ether oxygens (including phenoxy) is 6. The predicted molar refractivity (Wildman–Crippen MR) is 221 cm³/mol. The van der Waals surface area contributed by atoms with Gasteiger partial charge in [-0.05, 0) is 102 Å². The van der Waals surface area contributed by atoms with Crippen molar-refractivity contribution in [2.75, 3.05) is 27.9 Å². The minimum atomic E-state index is -2.49. The van der Waals surface area contributed by atoms with Gasteiger partial charge in [0.1, 0.15) is 24.4 Å². The van der Waals surface area contributed by atoms with E-state index in [4.69, 9.17) is 28.4 Å². The van der Waals surface area contributed by atoms with E-state index in [0.717, 1.165) is 11.1 Å². The normalized spacial score (nSPS) is 38.8. The van der Waals surface area contributed by atoms with E-state index >= 15 is 0 Å². The van der Waals surface area contributed by atoms with Gasteiger partial charge in [-0.3, -0.25) is 19.2 Å². The molecular weight excluding hydrogens is 759 g/mol. The topological polar surface area (TPSA) is 164 Å². The number of piperidine rings is 1. The van der Waals surface area contributed by atoms with Crippen LogP contribution in [0.15, 0.2) is 48.1 Å². The molecule has 1 saturated carbocycles. The molecule has 0 spiro atoms. The Bertz CT molecular complexity index is 1600. The van der Waals surface area contributed by atoms with E-state index in [2.05, 4.69) is 19.6 Å². The summed E-state index contributed by atoms with van der Waals surface area (Å²) in [7, 11) is 4.66. The molecule has 0 aromatic heterocycles. The lowest BCUT2D eigenvalue weighted by molar-refractivity contribution is -0.302. The van der Waals surface area contributed by atoms with Gasteiger partial charge in [-0.1, -0.05) is 50.6 Å². The number of cyclic esters (lactones) is 1. The number of rotatable bonds is 8. The Morgan fingerprint density at radius 2 is 1.63 bits per heavy atom. The van der Waals surface area contributed by atoms with Crippen molar-refractivity contribution in [3.05, 3.63) is 48.1 Å². The van der Waals surface area contributed by atoms with E-state index in [-0.39, 0.29) is 55.2 Å². The Morgan fingerprint density at radius 3 is 2.27 bits per heavy atom. The molecule has 3 aliphatic heterocycles. The van der Waals surface area contributed by atoms with Gasteiger partial charge in [0.25, 0.3) is 11.7 Å². The highest BCUT2D eigenvalue weighted by Crippen LogP contribution is 2.39. The van der Waals surface area contributed by atoms with Gasteiger partial charge in [0, 0.05) is 52.6 Å². The fourth-order valence-corrected chi connectivity index (χ4v) is 9.46. The second kappa shape index (κ2) is 21.9. The molecule has 0 aromatic carbocycles. The summed E-state index contributed by atoms with van der Waals surface area (Å²) in [4.78, 5) is 69.6. The molecule has 13 unspecified atom stereocenters. The minimum Gasteiger partial charge on any atom is -0.460 e. The van der Waals surface area contributed by atoms with E-state index in [1.165, 1.54) is 26.0 Å². The summed E-state index contributed by atoms with van der Waals surface area (Å²) >= 11 is 0. The predicted octanol–water partition coefficient (Wildman–Crippen LogP) is 6.02. The second-order valence-corrected chi connectivity index (χ2v) is 17.4. The molecule has 59 heavy (non-hydrogen) atoms. The number of allylic oxidation sites excluding steroid dienone is 5. The standard InChI is InChI=1S/C46H69NO12/c1-11-14-34-22-27(2)21-28(3)23-39(55-9)42-40(56-10)25-31(6)46(53,59-42)43(50)44(51)47-20-13-12-15-35(47)45(52)58-41(29(4)16-18-36(34)49)30(5)24-33-17-19-37(57-32(7)48)38(26-33)54-8/h11,16,18,22,24,28-29,31,33-35,37-42,53H,1,12-15,17,19-21,23,25-26H2,2-10H3/b18-16-,27-22-,30-24+. The maximum Gasteiger partial charge on any atom is 0.329 e. The van der Waals surface area contributed by atoms with Crippen LogP contribution in [0.4, 0.5) is 0 Å². The Hall–Kier alpha value is -3.49. The van der Waals surface area contributed by atoms with Gasteiger partial charge in [0.15, 0.2) is 5.78 Å². The molecule has 4 rings (SSSR count). The maximum absolute atomic E-state index is 14.3. The van der Waals surface area contributed by atoms with Crippen LogP contribution >= 0.6 is 0 Å². The molecule has 1 aliphatic carbocycles. The van der Waals surface area contributed by atoms with Crippen LogP contribution in [0.2, 0.25) is 0 Å². The smallest absolute Gasteiger partial charge is 0.329 e. The van der Waals surface area contributed by atoms with Crippen molar-refractivity contribution in [2.24, 2.45) is 29.6 Å². The molecule has 3 heterocycles. The molecule has 330 valence electrons. The molecule has 1 N–H and O–H groups in total. The zero-order valence-corrected chi connectivity index (χ0v) is 36.7. The third-order valence-corrected chi connectivity index (χ3v) is 12.7. The van der Waals surface area contributed by atoms with Gasteiger partial charge in [0.2, 0.25) is 5.79 Å². The molecule has 3 fully saturated rings. The van der Waals surface area contributed by atoms with Gasteiger partial charge >= 0.3 is 11.9 Å². The van der Waals surface area contributed by atoms with Crippen molar-refractivity contribution in [1.29, 1.82) is 0 Å². The summed E-state index contributed by atoms with van der Waals surface area (Å²) in [6.07, 6.45) is 10.6. The Kier molecular flexibility index (Phi) is 17.8. The largest absolute Gasteiger partial charge is 0.460 e. The van der Waals surface area contributed by atoms with E-state index < -0.39 is 71.7 Å². The monoisotopic (exact) mass is 827 g/mol. The van der Waals surface area contributed by atoms with Crippen LogP contribution in [0.3, 0.4) is 0 Å². The van der Waals surface area contributed by atoms with Crippen LogP contribution in [0.1, 0.15) is 106 Å². The van der Waals surface area contributed by atoms with Gasteiger partial charge in [-0.25, -0.2) is 4.79 Å². The van der Waals surface area contributed by atoms with E-state index in [1.54, 1.807) is 32.3 Å². The third-order valence-electron chi connectivity index (χ3n) is 12.7. The molecular formula is C46H69NO12. The number of amides is 1. The van der Waals surface area contributed by atoms with Crippen LogP contribution in [0.5, 0.6) is 0 Å². The second-order valence-electron chi connectivity index (χ2n) is 17.4. The summed E-state index contributed by atoms with van der Waals surface area (Å²) in [5.74, 6) is -7.52. The molecule has 1 amide bonds. The number of methoxy groups -OCH3 is 3. The molecule has 13 atom stereocenters. The average molecular weight is 828 g/mol. The summed E-state index contributed by atoms with van der Waals surface area (Å²) in [6.45, 7) is 14.8. The van der Waals surface area contributed by atoms with Crippen molar-refractivity contribution in [1.82, 2.24) is 4.90 Å². The number of aliphatic hydroxyl groups is 1. The first-order valence-corrected chi connectivity index (χ1v) is 21.4. The van der Waals surface area contributed by atoms with Gasteiger partial charge < -0.3 is 38.4 Å². The SMILES string of the molecule is C=CCC1/C=C(/C)CC(C)CC(OC)C2OC(O)(C(=O)C(=O)N3CCCCC3C(=O)OC(/C(C)=C/C3CCC(OC(C)=O)C(OC)C3)C(C)/C=C\C1=O)C(C)CC2OC. The quantitative estimate of drug-likeness (QED) is 0.172. The van der Waals surface area contributed by atoms with Gasteiger partial charge in [-0.2, -0.15) is 0 Å². The number of fused-ring (bicyclic) bond motifs is 3. The van der Waals surface area contributed by atoms with Crippen LogP contribution in [0, 0.1) is 29.6 Å². The Labute approximate surface area is 350 Å². The Morgan fingerprint density at radius 1 is 0.949 bits per heavy atom. The van der Waals surface area contributed by atoms with Gasteiger partial charge in [-0.15, -0.1) is 6.58 Å². The zero-order chi connectivity index (χ0) is 43.6. The molecule has 2 saturated heterocycles. The van der Waals surface area contributed by atoms with Crippen molar-refractivity contribution in [2.45, 2.75) is 154 Å². The molecule has 13 nitrogen and oxygen atoms in total. The van der Waals surface area contributed by atoms with Crippen LogP contribution in [-0.2, 0) is 52.4 Å². The number of carbonyl (C=O) groups is 5. The number of ketones is 2. The Balaban J connectivity index is 1.76. The first-order valence-electron chi connectivity index (χ1n) is 21.4. The van der Waals surface area contributed by atoms with Crippen LogP contribution in [-0.4, -0.2) is 116 Å². The highest BCUT2D eigenvalue weighted by Gasteiger charge is 2.56. The molecule has 0 radical (unpaired) electrons. The number of nitrogens with zero attached hydrogens (tertiary/aromatic N) is 1. The number of hydrogen-bond donors (Lipinski definition) is 1. The number of esters is 2. The van der Waals surface area contributed by atoms with E-state index in [1.807, 2.05) is 26.8 Å². The first-order chi connectivity index (χ1) is 28.0. The molecule has 2 bridgehead atoms. The van der Waals surface area contributed by atoms with Crippen molar-refractivity contribution < 1.29 is 57.5 Å². The summed E-state index contributed by atoms with van der Waals surface area (Å²) in [5.41, 5.74) is 1.74. The molecule has 0 aromatic rings. The van der Waals surface area contributed by atoms with Crippen LogP contribution < -0.4 is 0 Å². The summed E-state index contributed by atoms with van der Waals surface area (Å²) in [6, 6.07) is -1.10. The zero-order valence-electron chi connectivity index (χ0n) is 36.7. The van der Waals surface area contributed by atoms with Gasteiger partial charge in [0.05, 0.1) is 18.3 Å². The number of carbonyl (C=O) groups excluding carboxylic acids is 5. The molecule has 4 aliphatic rings. The third kappa shape index (κ3) is 12.1.